The Balaban J connectivity index is 2.56. The third kappa shape index (κ3) is 4.88. The molecular weight excluding hydrogens is 224 g/mol. The van der Waals surface area contributed by atoms with Crippen molar-refractivity contribution in [2.45, 2.75) is 46.1 Å². The molecule has 3 nitrogen and oxygen atoms in total. The van der Waals surface area contributed by atoms with Gasteiger partial charge in [0.15, 0.2) is 0 Å². The van der Waals surface area contributed by atoms with Crippen LogP contribution >= 0.6 is 0 Å². The van der Waals surface area contributed by atoms with Gasteiger partial charge < -0.3 is 10.6 Å². The minimum Gasteiger partial charge on any atom is -0.326 e. The SMILES string of the molecule is CCNC(C)CC(=O)Nc1cccc(C(C)C)c1. The maximum absolute atomic E-state index is 11.8. The van der Waals surface area contributed by atoms with E-state index in [9.17, 15) is 4.79 Å². The van der Waals surface area contributed by atoms with Gasteiger partial charge in [0.25, 0.3) is 0 Å². The maximum atomic E-state index is 11.8. The van der Waals surface area contributed by atoms with E-state index in [0.29, 0.717) is 12.3 Å². The number of benzene rings is 1. The first kappa shape index (κ1) is 14.7. The third-order valence-electron chi connectivity index (χ3n) is 2.88. The third-order valence-corrected chi connectivity index (χ3v) is 2.88. The van der Waals surface area contributed by atoms with Gasteiger partial charge in [-0.15, -0.1) is 0 Å². The van der Waals surface area contributed by atoms with Gasteiger partial charge in [0.1, 0.15) is 0 Å². The zero-order valence-electron chi connectivity index (χ0n) is 11.8. The van der Waals surface area contributed by atoms with Gasteiger partial charge in [-0.3, -0.25) is 4.79 Å². The summed E-state index contributed by atoms with van der Waals surface area (Å²) in [5, 5.41) is 6.18. The molecule has 1 rings (SSSR count). The largest absolute Gasteiger partial charge is 0.326 e. The molecule has 1 aromatic carbocycles. The zero-order chi connectivity index (χ0) is 13.5. The van der Waals surface area contributed by atoms with Crippen molar-refractivity contribution in [1.29, 1.82) is 0 Å². The summed E-state index contributed by atoms with van der Waals surface area (Å²) in [4.78, 5) is 11.8. The Labute approximate surface area is 110 Å². The molecule has 100 valence electrons. The second-order valence-electron chi connectivity index (χ2n) is 4.99. The molecule has 0 spiro atoms. The van der Waals surface area contributed by atoms with Crippen LogP contribution in [0.3, 0.4) is 0 Å². The zero-order valence-corrected chi connectivity index (χ0v) is 11.8. The van der Waals surface area contributed by atoms with E-state index in [-0.39, 0.29) is 11.9 Å². The fourth-order valence-corrected chi connectivity index (χ4v) is 1.89. The van der Waals surface area contributed by atoms with Crippen LogP contribution in [0.15, 0.2) is 24.3 Å². The summed E-state index contributed by atoms with van der Waals surface area (Å²) >= 11 is 0. The van der Waals surface area contributed by atoms with Gasteiger partial charge in [0.2, 0.25) is 5.91 Å². The molecule has 0 saturated heterocycles. The smallest absolute Gasteiger partial charge is 0.225 e. The molecule has 0 radical (unpaired) electrons. The minimum absolute atomic E-state index is 0.0596. The molecule has 0 aliphatic heterocycles. The molecule has 1 atom stereocenters. The number of hydrogen-bond acceptors (Lipinski definition) is 2. The van der Waals surface area contributed by atoms with Crippen molar-refractivity contribution in [3.63, 3.8) is 0 Å². The number of rotatable bonds is 6. The fraction of sp³-hybridized carbons (Fsp3) is 0.533. The van der Waals surface area contributed by atoms with E-state index in [1.807, 2.05) is 32.0 Å². The van der Waals surface area contributed by atoms with Gasteiger partial charge in [-0.25, -0.2) is 0 Å². The highest BCUT2D eigenvalue weighted by atomic mass is 16.1. The van der Waals surface area contributed by atoms with Crippen LogP contribution in [-0.4, -0.2) is 18.5 Å². The fourth-order valence-electron chi connectivity index (χ4n) is 1.89. The molecule has 1 unspecified atom stereocenters. The van der Waals surface area contributed by atoms with Crippen molar-refractivity contribution in [2.24, 2.45) is 0 Å². The number of carbonyl (C=O) groups excluding carboxylic acids is 1. The molecule has 0 saturated carbocycles. The summed E-state index contributed by atoms with van der Waals surface area (Å²) < 4.78 is 0. The molecule has 2 N–H and O–H groups in total. The molecule has 18 heavy (non-hydrogen) atoms. The standard InChI is InChI=1S/C15H24N2O/c1-5-16-12(4)9-15(18)17-14-8-6-7-13(10-14)11(2)3/h6-8,10-12,16H,5,9H2,1-4H3,(H,17,18). The highest BCUT2D eigenvalue weighted by Crippen LogP contribution is 2.18. The Bertz CT molecular complexity index is 388. The Morgan fingerprint density at radius 1 is 1.28 bits per heavy atom. The van der Waals surface area contributed by atoms with Gasteiger partial charge in [-0.1, -0.05) is 32.9 Å². The average molecular weight is 248 g/mol. The van der Waals surface area contributed by atoms with Gasteiger partial charge in [0.05, 0.1) is 0 Å². The summed E-state index contributed by atoms with van der Waals surface area (Å²) in [6.07, 6.45) is 0.500. The van der Waals surface area contributed by atoms with Crippen LogP contribution in [-0.2, 0) is 4.79 Å². The molecule has 0 aromatic heterocycles. The van der Waals surface area contributed by atoms with Crippen LogP contribution in [0.5, 0.6) is 0 Å². The summed E-state index contributed by atoms with van der Waals surface area (Å²) in [5.74, 6) is 0.534. The van der Waals surface area contributed by atoms with E-state index in [2.05, 4.69) is 30.5 Å². The number of carbonyl (C=O) groups is 1. The molecular formula is C15H24N2O. The second-order valence-corrected chi connectivity index (χ2v) is 4.99. The van der Waals surface area contributed by atoms with E-state index >= 15 is 0 Å². The number of hydrogen-bond donors (Lipinski definition) is 2. The molecule has 0 bridgehead atoms. The molecule has 3 heteroatoms. The number of anilines is 1. The maximum Gasteiger partial charge on any atom is 0.225 e. The highest BCUT2D eigenvalue weighted by Gasteiger charge is 2.08. The molecule has 1 amide bonds. The lowest BCUT2D eigenvalue weighted by Gasteiger charge is -2.13. The van der Waals surface area contributed by atoms with Crippen molar-refractivity contribution < 1.29 is 4.79 Å². The Morgan fingerprint density at radius 2 is 2.00 bits per heavy atom. The molecule has 0 aliphatic rings. The summed E-state index contributed by atoms with van der Waals surface area (Å²) in [6, 6.07) is 8.26. The first-order chi connectivity index (χ1) is 8.52. The van der Waals surface area contributed by atoms with E-state index in [4.69, 9.17) is 0 Å². The predicted octanol–water partition coefficient (Wildman–Crippen LogP) is 3.14. The Hall–Kier alpha value is -1.35. The minimum atomic E-state index is 0.0596. The van der Waals surface area contributed by atoms with Gasteiger partial charge in [-0.05, 0) is 37.1 Å². The summed E-state index contributed by atoms with van der Waals surface area (Å²) in [7, 11) is 0. The van der Waals surface area contributed by atoms with Crippen molar-refractivity contribution in [3.8, 4) is 0 Å². The topological polar surface area (TPSA) is 41.1 Å². The van der Waals surface area contributed by atoms with Crippen molar-refractivity contribution in [1.82, 2.24) is 5.32 Å². The van der Waals surface area contributed by atoms with E-state index in [0.717, 1.165) is 12.2 Å². The lowest BCUT2D eigenvalue weighted by Crippen LogP contribution is -2.30. The van der Waals surface area contributed by atoms with Crippen LogP contribution in [0.2, 0.25) is 0 Å². The van der Waals surface area contributed by atoms with Crippen LogP contribution in [0.25, 0.3) is 0 Å². The van der Waals surface area contributed by atoms with E-state index < -0.39 is 0 Å². The quantitative estimate of drug-likeness (QED) is 0.812. The number of nitrogens with one attached hydrogen (secondary N) is 2. The first-order valence-electron chi connectivity index (χ1n) is 6.66. The average Bonchev–Trinajstić information content (AvgIpc) is 2.29. The summed E-state index contributed by atoms with van der Waals surface area (Å²) in [5.41, 5.74) is 2.13. The van der Waals surface area contributed by atoms with Crippen molar-refractivity contribution in [3.05, 3.63) is 29.8 Å². The number of amides is 1. The van der Waals surface area contributed by atoms with E-state index in [1.165, 1.54) is 5.56 Å². The van der Waals surface area contributed by atoms with Gasteiger partial charge in [-0.2, -0.15) is 0 Å². The lowest BCUT2D eigenvalue weighted by molar-refractivity contribution is -0.116. The van der Waals surface area contributed by atoms with Crippen molar-refractivity contribution in [2.75, 3.05) is 11.9 Å². The Kier molecular flexibility index (Phi) is 5.86. The lowest BCUT2D eigenvalue weighted by atomic mass is 10.0. The van der Waals surface area contributed by atoms with Crippen LogP contribution in [0, 0.1) is 0 Å². The van der Waals surface area contributed by atoms with Crippen molar-refractivity contribution >= 4 is 11.6 Å². The van der Waals surface area contributed by atoms with Gasteiger partial charge >= 0.3 is 0 Å². The molecule has 1 aromatic rings. The molecule has 0 aliphatic carbocycles. The van der Waals surface area contributed by atoms with Crippen LogP contribution in [0.4, 0.5) is 5.69 Å². The second kappa shape index (κ2) is 7.17. The predicted molar refractivity (Wildman–Crippen MR) is 76.9 cm³/mol. The first-order valence-corrected chi connectivity index (χ1v) is 6.66. The Morgan fingerprint density at radius 3 is 2.61 bits per heavy atom. The summed E-state index contributed by atoms with van der Waals surface area (Å²) in [6.45, 7) is 9.24. The van der Waals surface area contributed by atoms with E-state index in [1.54, 1.807) is 0 Å². The monoisotopic (exact) mass is 248 g/mol. The van der Waals surface area contributed by atoms with Crippen LogP contribution < -0.4 is 10.6 Å². The van der Waals surface area contributed by atoms with Gasteiger partial charge in [0, 0.05) is 18.2 Å². The molecule has 0 heterocycles. The van der Waals surface area contributed by atoms with Crippen LogP contribution in [0.1, 0.15) is 45.6 Å². The molecule has 0 fully saturated rings. The highest BCUT2D eigenvalue weighted by molar-refractivity contribution is 5.91. The normalized spacial score (nSPS) is 12.5.